The van der Waals surface area contributed by atoms with Crippen LogP contribution in [0.5, 0.6) is 0 Å². The number of nitrogens with zero attached hydrogens (tertiary/aromatic N) is 4. The first kappa shape index (κ1) is 22.4. The molecule has 0 radical (unpaired) electrons. The van der Waals surface area contributed by atoms with Crippen LogP contribution < -0.4 is 0 Å². The van der Waals surface area contributed by atoms with Crippen molar-refractivity contribution < 1.29 is 19.4 Å². The van der Waals surface area contributed by atoms with Gasteiger partial charge in [0.1, 0.15) is 11.6 Å². The summed E-state index contributed by atoms with van der Waals surface area (Å²) in [5.41, 5.74) is 1.60. The highest BCUT2D eigenvalue weighted by molar-refractivity contribution is 6.46. The molecule has 32 heavy (non-hydrogen) atoms. The second-order valence-corrected chi connectivity index (χ2v) is 8.35. The van der Waals surface area contributed by atoms with E-state index in [0.29, 0.717) is 54.0 Å². The van der Waals surface area contributed by atoms with Gasteiger partial charge in [-0.05, 0) is 31.5 Å². The van der Waals surface area contributed by atoms with Crippen molar-refractivity contribution in [3.8, 4) is 0 Å². The second kappa shape index (κ2) is 9.36. The van der Waals surface area contributed by atoms with E-state index in [1.807, 2.05) is 0 Å². The minimum Gasteiger partial charge on any atom is -0.507 e. The zero-order chi connectivity index (χ0) is 22.8. The summed E-state index contributed by atoms with van der Waals surface area (Å²) < 4.78 is 5.39. The van der Waals surface area contributed by atoms with Crippen molar-refractivity contribution in [3.05, 3.63) is 63.7 Å². The number of aromatic nitrogens is 2. The molecule has 168 valence electrons. The summed E-state index contributed by atoms with van der Waals surface area (Å²) in [6.07, 6.45) is 1.48. The van der Waals surface area contributed by atoms with Gasteiger partial charge in [-0.1, -0.05) is 23.7 Å². The molecule has 0 unspecified atom stereocenters. The average molecular weight is 457 g/mol. The number of aliphatic hydroxyl groups is 1. The van der Waals surface area contributed by atoms with E-state index in [4.69, 9.17) is 16.3 Å². The number of rotatable bonds is 5. The summed E-state index contributed by atoms with van der Waals surface area (Å²) in [5.74, 6) is -1.07. The number of ether oxygens (including phenoxy) is 1. The summed E-state index contributed by atoms with van der Waals surface area (Å²) in [7, 11) is 0. The van der Waals surface area contributed by atoms with Gasteiger partial charge in [-0.2, -0.15) is 0 Å². The molecule has 0 bridgehead atoms. The van der Waals surface area contributed by atoms with E-state index in [-0.39, 0.29) is 11.3 Å². The van der Waals surface area contributed by atoms with Crippen LogP contribution in [0, 0.1) is 13.8 Å². The number of aryl methyl sites for hydroxylation is 2. The number of ketones is 1. The number of benzene rings is 1. The molecule has 0 spiro atoms. The van der Waals surface area contributed by atoms with Crippen LogP contribution in [0.4, 0.5) is 0 Å². The molecule has 9 heteroatoms. The lowest BCUT2D eigenvalue weighted by atomic mass is 9.95. The number of halogens is 1. The van der Waals surface area contributed by atoms with E-state index < -0.39 is 17.7 Å². The third-order valence-electron chi connectivity index (χ3n) is 5.84. The number of morpholine rings is 1. The van der Waals surface area contributed by atoms with Crippen LogP contribution in [-0.4, -0.2) is 76.0 Å². The molecule has 2 aliphatic heterocycles. The number of aliphatic hydroxyl groups excluding tert-OH is 1. The Balaban J connectivity index is 1.75. The van der Waals surface area contributed by atoms with Crippen molar-refractivity contribution >= 4 is 29.1 Å². The number of hydrogen-bond donors (Lipinski definition) is 1. The first-order valence-corrected chi connectivity index (χ1v) is 10.9. The van der Waals surface area contributed by atoms with Crippen LogP contribution in [0.3, 0.4) is 0 Å². The van der Waals surface area contributed by atoms with Crippen LogP contribution in [0.1, 0.15) is 28.7 Å². The number of carbonyl (C=O) groups excluding carboxylic acids is 2. The van der Waals surface area contributed by atoms with E-state index >= 15 is 0 Å². The van der Waals surface area contributed by atoms with Crippen molar-refractivity contribution in [1.82, 2.24) is 19.8 Å². The van der Waals surface area contributed by atoms with E-state index in [2.05, 4.69) is 14.9 Å². The summed E-state index contributed by atoms with van der Waals surface area (Å²) in [6.45, 7) is 7.26. The Kier molecular flexibility index (Phi) is 6.55. The highest BCUT2D eigenvalue weighted by Gasteiger charge is 2.46. The van der Waals surface area contributed by atoms with E-state index in [0.717, 1.165) is 13.1 Å². The van der Waals surface area contributed by atoms with Crippen LogP contribution in [0.15, 0.2) is 36.0 Å². The number of carbonyl (C=O) groups is 2. The van der Waals surface area contributed by atoms with Crippen LogP contribution in [0.25, 0.3) is 5.76 Å². The van der Waals surface area contributed by atoms with Crippen molar-refractivity contribution in [3.63, 3.8) is 0 Å². The fourth-order valence-electron chi connectivity index (χ4n) is 4.14. The molecular weight excluding hydrogens is 432 g/mol. The maximum Gasteiger partial charge on any atom is 0.295 e. The van der Waals surface area contributed by atoms with Gasteiger partial charge in [0.25, 0.3) is 11.7 Å². The van der Waals surface area contributed by atoms with E-state index in [9.17, 15) is 14.7 Å². The van der Waals surface area contributed by atoms with Crippen molar-refractivity contribution in [2.24, 2.45) is 0 Å². The molecule has 4 rings (SSSR count). The monoisotopic (exact) mass is 456 g/mol. The first-order valence-electron chi connectivity index (χ1n) is 10.5. The molecule has 1 atom stereocenters. The molecule has 2 aliphatic rings. The Hall–Kier alpha value is -2.81. The minimum atomic E-state index is -0.728. The largest absolute Gasteiger partial charge is 0.507 e. The van der Waals surface area contributed by atoms with Gasteiger partial charge < -0.3 is 14.7 Å². The van der Waals surface area contributed by atoms with Crippen LogP contribution in [0.2, 0.25) is 5.02 Å². The molecule has 0 aliphatic carbocycles. The summed E-state index contributed by atoms with van der Waals surface area (Å²) in [4.78, 5) is 38.3. The quantitative estimate of drug-likeness (QED) is 0.419. The smallest absolute Gasteiger partial charge is 0.295 e. The van der Waals surface area contributed by atoms with Gasteiger partial charge in [-0.25, -0.2) is 9.97 Å². The topological polar surface area (TPSA) is 95.9 Å². The molecule has 2 fully saturated rings. The van der Waals surface area contributed by atoms with Gasteiger partial charge in [0.05, 0.1) is 36.1 Å². The fraction of sp³-hybridized carbons (Fsp3) is 0.391. The number of likely N-dealkylation sites (tertiary alicyclic amines) is 1. The zero-order valence-corrected chi connectivity index (χ0v) is 18.8. The lowest BCUT2D eigenvalue weighted by molar-refractivity contribution is -0.140. The maximum absolute atomic E-state index is 13.1. The lowest BCUT2D eigenvalue weighted by Gasteiger charge is -2.31. The minimum absolute atomic E-state index is 0.0369. The molecule has 1 aromatic heterocycles. The van der Waals surface area contributed by atoms with Crippen molar-refractivity contribution in [1.29, 1.82) is 0 Å². The van der Waals surface area contributed by atoms with Gasteiger partial charge in [0, 0.05) is 37.4 Å². The number of Topliss-reactive ketones (excluding diaryl/α,β-unsaturated/α-hetero) is 1. The van der Waals surface area contributed by atoms with Gasteiger partial charge >= 0.3 is 0 Å². The van der Waals surface area contributed by atoms with Gasteiger partial charge in [-0.3, -0.25) is 14.5 Å². The molecule has 3 heterocycles. The fourth-order valence-corrected chi connectivity index (χ4v) is 4.26. The summed E-state index contributed by atoms with van der Waals surface area (Å²) in [6, 6.07) is 6.23. The maximum atomic E-state index is 13.1. The molecule has 8 nitrogen and oxygen atoms in total. The summed E-state index contributed by atoms with van der Waals surface area (Å²) in [5, 5.41) is 11.7. The molecule has 2 aromatic rings. The second-order valence-electron chi connectivity index (χ2n) is 7.91. The SMILES string of the molecule is Cc1ncc(C(O)=C2C(=O)C(=O)N(CCN3CCOCC3)[C@@H]2c2ccc(Cl)cc2)c(C)n1. The van der Waals surface area contributed by atoms with Crippen LogP contribution >= 0.6 is 11.6 Å². The Morgan fingerprint density at radius 1 is 1.16 bits per heavy atom. The molecule has 1 amide bonds. The highest BCUT2D eigenvalue weighted by Crippen LogP contribution is 2.39. The molecule has 1 aromatic carbocycles. The Bertz CT molecular complexity index is 1060. The zero-order valence-electron chi connectivity index (χ0n) is 18.0. The lowest BCUT2D eigenvalue weighted by Crippen LogP contribution is -2.42. The van der Waals surface area contributed by atoms with Crippen molar-refractivity contribution in [2.45, 2.75) is 19.9 Å². The van der Waals surface area contributed by atoms with Gasteiger partial charge in [0.2, 0.25) is 0 Å². The normalized spacial score (nSPS) is 21.3. The molecular formula is C23H25ClN4O4. The van der Waals surface area contributed by atoms with Gasteiger partial charge in [-0.15, -0.1) is 0 Å². The Labute approximate surface area is 191 Å². The van der Waals surface area contributed by atoms with E-state index in [1.165, 1.54) is 11.1 Å². The Morgan fingerprint density at radius 2 is 1.84 bits per heavy atom. The summed E-state index contributed by atoms with van der Waals surface area (Å²) >= 11 is 6.06. The average Bonchev–Trinajstić information content (AvgIpc) is 3.03. The predicted octanol–water partition coefficient (Wildman–Crippen LogP) is 2.50. The Morgan fingerprint density at radius 3 is 2.50 bits per heavy atom. The number of hydrogen-bond acceptors (Lipinski definition) is 7. The molecule has 2 saturated heterocycles. The highest BCUT2D eigenvalue weighted by atomic mass is 35.5. The first-order chi connectivity index (χ1) is 15.4. The van der Waals surface area contributed by atoms with E-state index in [1.54, 1.807) is 38.1 Å². The third-order valence-corrected chi connectivity index (χ3v) is 6.09. The van der Waals surface area contributed by atoms with Crippen LogP contribution in [-0.2, 0) is 14.3 Å². The standard InChI is InChI=1S/C23H25ClN4O4/c1-14-18(13-25-15(2)26-14)21(29)19-20(16-3-5-17(24)6-4-16)28(23(31)22(19)30)8-7-27-9-11-32-12-10-27/h3-6,13,20,29H,7-12H2,1-2H3/t20-/m1/s1. The van der Waals surface area contributed by atoms with Gasteiger partial charge in [0.15, 0.2) is 0 Å². The third kappa shape index (κ3) is 4.39. The molecule has 0 saturated carbocycles. The molecule has 1 N–H and O–H groups in total. The number of amides is 1. The predicted molar refractivity (Wildman–Crippen MR) is 119 cm³/mol. The van der Waals surface area contributed by atoms with Crippen molar-refractivity contribution in [2.75, 3.05) is 39.4 Å².